The largest absolute Gasteiger partial charge is 0.355 e. The summed E-state index contributed by atoms with van der Waals surface area (Å²) in [7, 11) is 4.02. The first-order valence-corrected chi connectivity index (χ1v) is 10.5. The van der Waals surface area contributed by atoms with Crippen molar-refractivity contribution in [2.45, 2.75) is 19.8 Å². The van der Waals surface area contributed by atoms with Crippen LogP contribution in [0.5, 0.6) is 0 Å². The van der Waals surface area contributed by atoms with Gasteiger partial charge in [0.2, 0.25) is 5.91 Å². The Morgan fingerprint density at radius 2 is 1.90 bits per heavy atom. The first-order chi connectivity index (χ1) is 14.5. The van der Waals surface area contributed by atoms with E-state index in [1.165, 1.54) is 0 Å². The normalized spacial score (nSPS) is 15.1. The Morgan fingerprint density at radius 1 is 1.13 bits per heavy atom. The van der Waals surface area contributed by atoms with E-state index in [0.29, 0.717) is 6.54 Å². The summed E-state index contributed by atoms with van der Waals surface area (Å²) in [6, 6.07) is 12.1. The van der Waals surface area contributed by atoms with E-state index >= 15 is 0 Å². The number of aromatic nitrogens is 4. The van der Waals surface area contributed by atoms with Gasteiger partial charge in [0.15, 0.2) is 11.5 Å². The van der Waals surface area contributed by atoms with E-state index in [2.05, 4.69) is 38.3 Å². The van der Waals surface area contributed by atoms with E-state index < -0.39 is 0 Å². The van der Waals surface area contributed by atoms with Gasteiger partial charge < -0.3 is 15.1 Å². The maximum atomic E-state index is 12.4. The number of likely N-dealkylation sites (N-methyl/N-ethyl adjacent to an activating group) is 1. The molecule has 0 radical (unpaired) electrons. The van der Waals surface area contributed by atoms with Crippen molar-refractivity contribution in [3.05, 3.63) is 42.0 Å². The molecule has 30 heavy (non-hydrogen) atoms. The third kappa shape index (κ3) is 4.28. The number of carbonyl (C=O) groups excluding carboxylic acids is 1. The predicted molar refractivity (Wildman–Crippen MR) is 117 cm³/mol. The molecule has 4 rings (SSSR count). The Balaban J connectivity index is 1.45. The van der Waals surface area contributed by atoms with Gasteiger partial charge in [-0.05, 0) is 51.6 Å². The molecule has 1 aromatic carbocycles. The molecule has 0 spiro atoms. The zero-order valence-corrected chi connectivity index (χ0v) is 17.9. The molecule has 1 N–H and O–H groups in total. The van der Waals surface area contributed by atoms with Crippen molar-refractivity contribution in [2.24, 2.45) is 5.92 Å². The lowest BCUT2D eigenvalue weighted by Crippen LogP contribution is -2.42. The van der Waals surface area contributed by atoms with Gasteiger partial charge >= 0.3 is 0 Å². The maximum absolute atomic E-state index is 12.4. The van der Waals surface area contributed by atoms with Gasteiger partial charge in [-0.2, -0.15) is 4.52 Å². The highest BCUT2D eigenvalue weighted by molar-refractivity contribution is 5.79. The Bertz CT molecular complexity index is 1020. The molecule has 8 heteroatoms. The van der Waals surface area contributed by atoms with Crippen LogP contribution in [0, 0.1) is 12.8 Å². The molecule has 1 saturated heterocycles. The van der Waals surface area contributed by atoms with Gasteiger partial charge in [-0.25, -0.2) is 0 Å². The number of nitrogens with zero attached hydrogens (tertiary/aromatic N) is 6. The van der Waals surface area contributed by atoms with Crippen LogP contribution in [0.15, 0.2) is 36.4 Å². The fraction of sp³-hybridized carbons (Fsp3) is 0.455. The van der Waals surface area contributed by atoms with E-state index in [9.17, 15) is 4.79 Å². The molecule has 0 bridgehead atoms. The Kier molecular flexibility index (Phi) is 5.94. The molecule has 1 aliphatic heterocycles. The zero-order chi connectivity index (χ0) is 21.1. The van der Waals surface area contributed by atoms with E-state index in [1.807, 2.05) is 48.9 Å². The fourth-order valence-corrected chi connectivity index (χ4v) is 3.86. The third-order valence-corrected chi connectivity index (χ3v) is 5.68. The molecule has 0 unspecified atom stereocenters. The number of amides is 1. The van der Waals surface area contributed by atoms with E-state index in [0.717, 1.165) is 60.9 Å². The average molecular weight is 408 g/mol. The summed E-state index contributed by atoms with van der Waals surface area (Å²) in [4.78, 5) is 16.7. The molecule has 0 saturated carbocycles. The topological polar surface area (TPSA) is 78.7 Å². The summed E-state index contributed by atoms with van der Waals surface area (Å²) in [6.07, 6.45) is 1.67. The van der Waals surface area contributed by atoms with Gasteiger partial charge in [0.05, 0.1) is 0 Å². The lowest BCUT2D eigenvalue weighted by molar-refractivity contribution is -0.125. The van der Waals surface area contributed by atoms with Crippen LogP contribution >= 0.6 is 0 Å². The number of carbonyl (C=O) groups is 1. The zero-order valence-electron chi connectivity index (χ0n) is 17.9. The molecule has 3 aromatic rings. The summed E-state index contributed by atoms with van der Waals surface area (Å²) in [5.41, 5.74) is 2.90. The molecule has 1 aliphatic rings. The van der Waals surface area contributed by atoms with E-state index in [-0.39, 0.29) is 11.8 Å². The van der Waals surface area contributed by atoms with Crippen molar-refractivity contribution in [1.29, 1.82) is 0 Å². The third-order valence-electron chi connectivity index (χ3n) is 5.68. The minimum absolute atomic E-state index is 0.0737. The van der Waals surface area contributed by atoms with Gasteiger partial charge in [-0.15, -0.1) is 15.3 Å². The molecule has 3 heterocycles. The van der Waals surface area contributed by atoms with E-state index in [4.69, 9.17) is 5.10 Å². The fourth-order valence-electron chi connectivity index (χ4n) is 3.86. The van der Waals surface area contributed by atoms with E-state index in [1.54, 1.807) is 0 Å². The number of fused-ring (bicyclic) bond motifs is 1. The first-order valence-electron chi connectivity index (χ1n) is 10.5. The molecule has 8 nitrogen and oxygen atoms in total. The second-order valence-corrected chi connectivity index (χ2v) is 8.16. The first kappa shape index (κ1) is 20.3. The molecule has 2 aromatic heterocycles. The lowest BCUT2D eigenvalue weighted by atomic mass is 9.96. The highest BCUT2D eigenvalue weighted by Gasteiger charge is 2.26. The molecule has 158 valence electrons. The van der Waals surface area contributed by atoms with Crippen molar-refractivity contribution in [3.8, 4) is 11.4 Å². The van der Waals surface area contributed by atoms with Crippen molar-refractivity contribution < 1.29 is 4.79 Å². The highest BCUT2D eigenvalue weighted by atomic mass is 16.1. The molecule has 0 atom stereocenters. The van der Waals surface area contributed by atoms with Crippen LogP contribution in [-0.2, 0) is 4.79 Å². The van der Waals surface area contributed by atoms with Crippen LogP contribution in [0.3, 0.4) is 0 Å². The van der Waals surface area contributed by atoms with Gasteiger partial charge in [-0.3, -0.25) is 4.79 Å². The van der Waals surface area contributed by atoms with Crippen LogP contribution < -0.4 is 10.2 Å². The number of hydrogen-bond donors (Lipinski definition) is 1. The summed E-state index contributed by atoms with van der Waals surface area (Å²) in [5.74, 6) is 1.88. The summed E-state index contributed by atoms with van der Waals surface area (Å²) in [6.45, 7) is 5.24. The molecule has 1 amide bonds. The van der Waals surface area contributed by atoms with Crippen LogP contribution in [0.1, 0.15) is 18.4 Å². The molecule has 0 aliphatic carbocycles. The summed E-state index contributed by atoms with van der Waals surface area (Å²) >= 11 is 0. The van der Waals surface area contributed by atoms with Crippen molar-refractivity contribution in [1.82, 2.24) is 30.0 Å². The second-order valence-electron chi connectivity index (χ2n) is 8.16. The van der Waals surface area contributed by atoms with Gasteiger partial charge in [0, 0.05) is 37.7 Å². The van der Waals surface area contributed by atoms with Crippen molar-refractivity contribution in [3.63, 3.8) is 0 Å². The molecular weight excluding hydrogens is 378 g/mol. The van der Waals surface area contributed by atoms with Gasteiger partial charge in [-0.1, -0.05) is 24.3 Å². The minimum atomic E-state index is 0.0737. The van der Waals surface area contributed by atoms with Crippen LogP contribution in [0.4, 0.5) is 5.82 Å². The second kappa shape index (κ2) is 8.79. The monoisotopic (exact) mass is 407 g/mol. The number of aryl methyl sites for hydroxylation is 1. The SMILES string of the molecule is Cc1ccccc1-c1nnc2ccc(N3CCC(C(=O)NCCN(C)C)CC3)nn12. The lowest BCUT2D eigenvalue weighted by Gasteiger charge is -2.32. The standard InChI is InChI=1S/C22H29N7O/c1-16-6-4-5-7-18(16)21-25-24-19-8-9-20(26-29(19)21)28-13-10-17(11-14-28)22(30)23-12-15-27(2)3/h4-9,17H,10-15H2,1-3H3,(H,23,30). The van der Waals surface area contributed by atoms with Gasteiger partial charge in [0.25, 0.3) is 0 Å². The molecule has 1 fully saturated rings. The number of rotatable bonds is 6. The van der Waals surface area contributed by atoms with Crippen molar-refractivity contribution >= 4 is 17.4 Å². The average Bonchev–Trinajstić information content (AvgIpc) is 3.17. The van der Waals surface area contributed by atoms with Crippen LogP contribution in [0.2, 0.25) is 0 Å². The Morgan fingerprint density at radius 3 is 2.63 bits per heavy atom. The quantitative estimate of drug-likeness (QED) is 0.673. The van der Waals surface area contributed by atoms with Crippen molar-refractivity contribution in [2.75, 3.05) is 45.2 Å². The number of anilines is 1. The maximum Gasteiger partial charge on any atom is 0.223 e. The van der Waals surface area contributed by atoms with Crippen LogP contribution in [-0.4, -0.2) is 70.9 Å². The predicted octanol–water partition coefficient (Wildman–Crippen LogP) is 1.99. The summed E-state index contributed by atoms with van der Waals surface area (Å²) < 4.78 is 1.82. The Hall–Kier alpha value is -3.00. The number of hydrogen-bond acceptors (Lipinski definition) is 6. The van der Waals surface area contributed by atoms with Crippen LogP contribution in [0.25, 0.3) is 17.0 Å². The molecular formula is C22H29N7O. The highest BCUT2D eigenvalue weighted by Crippen LogP contribution is 2.25. The Labute approximate surface area is 176 Å². The summed E-state index contributed by atoms with van der Waals surface area (Å²) in [5, 5.41) is 16.5. The number of nitrogens with one attached hydrogen (secondary N) is 1. The smallest absolute Gasteiger partial charge is 0.223 e. The minimum Gasteiger partial charge on any atom is -0.355 e. The number of piperidine rings is 1. The van der Waals surface area contributed by atoms with Gasteiger partial charge in [0.1, 0.15) is 5.82 Å². The number of benzene rings is 1.